The van der Waals surface area contributed by atoms with Crippen molar-refractivity contribution >= 4 is 11.2 Å². The smallest absolute Gasteiger partial charge is 0.163 e. The molecule has 0 aromatic carbocycles. The van der Waals surface area contributed by atoms with Gasteiger partial charge >= 0.3 is 0 Å². The van der Waals surface area contributed by atoms with Crippen LogP contribution in [0.15, 0.2) is 17.2 Å². The van der Waals surface area contributed by atoms with Crippen LogP contribution in [0.3, 0.4) is 0 Å². The highest BCUT2D eigenvalue weighted by Gasteiger charge is 2.02. The van der Waals surface area contributed by atoms with Gasteiger partial charge in [0.15, 0.2) is 4.90 Å². The third-order valence-electron chi connectivity index (χ3n) is 1.11. The lowest BCUT2D eigenvalue weighted by Gasteiger charge is -2.02. The molecule has 3 heteroatoms. The molecule has 0 amide bonds. The lowest BCUT2D eigenvalue weighted by atomic mass is 10.4. The second-order valence-electron chi connectivity index (χ2n) is 1.97. The fourth-order valence-corrected chi connectivity index (χ4v) is 1.18. The summed E-state index contributed by atoms with van der Waals surface area (Å²) in [6.07, 6.45) is 3.27. The maximum Gasteiger partial charge on any atom is 0.163 e. The first-order valence-corrected chi connectivity index (χ1v) is 4.44. The molecule has 1 unspecified atom stereocenters. The summed E-state index contributed by atoms with van der Waals surface area (Å²) in [5.41, 5.74) is 0.785. The van der Waals surface area contributed by atoms with Crippen LogP contribution >= 0.6 is 0 Å². The van der Waals surface area contributed by atoms with Crippen molar-refractivity contribution in [3.05, 3.63) is 24.0 Å². The summed E-state index contributed by atoms with van der Waals surface area (Å²) in [4.78, 5) is 4.65. The van der Waals surface area contributed by atoms with E-state index >= 15 is 0 Å². The van der Waals surface area contributed by atoms with Crippen molar-refractivity contribution in [2.75, 3.05) is 6.26 Å². The van der Waals surface area contributed by atoms with Gasteiger partial charge in [-0.2, -0.15) is 0 Å². The van der Waals surface area contributed by atoms with Gasteiger partial charge in [0.05, 0.1) is 11.8 Å². The largest absolute Gasteiger partial charge is 0.612 e. The minimum Gasteiger partial charge on any atom is -0.612 e. The van der Waals surface area contributed by atoms with Crippen LogP contribution in [-0.2, 0) is 11.2 Å². The average Bonchev–Trinajstić information content (AvgIpc) is 1.88. The molecule has 1 aromatic rings. The Labute approximate surface area is 63.5 Å². The van der Waals surface area contributed by atoms with E-state index < -0.39 is 11.2 Å². The standard InChI is InChI=1S/C7H8NOS/c1-6-5-7(10(2)9)3-4-8-6/h3-4H,1-2H3. The summed E-state index contributed by atoms with van der Waals surface area (Å²) < 4.78 is 10.8. The number of aromatic nitrogens is 1. The first-order valence-electron chi connectivity index (χ1n) is 2.88. The first kappa shape index (κ1) is 7.57. The molecule has 1 rings (SSSR count). The minimum atomic E-state index is -0.935. The number of nitrogens with zero attached hydrogens (tertiary/aromatic N) is 1. The molecule has 0 saturated heterocycles. The third-order valence-corrected chi connectivity index (χ3v) is 1.97. The molecule has 0 fully saturated rings. The van der Waals surface area contributed by atoms with Gasteiger partial charge in [-0.15, -0.1) is 0 Å². The zero-order valence-electron chi connectivity index (χ0n) is 5.92. The van der Waals surface area contributed by atoms with Crippen molar-refractivity contribution in [3.8, 4) is 0 Å². The van der Waals surface area contributed by atoms with E-state index in [1.807, 2.05) is 6.92 Å². The van der Waals surface area contributed by atoms with Crippen LogP contribution in [0, 0.1) is 13.0 Å². The molecule has 0 bridgehead atoms. The Kier molecular flexibility index (Phi) is 2.29. The minimum absolute atomic E-state index is 0.715. The lowest BCUT2D eigenvalue weighted by Crippen LogP contribution is -1.98. The normalized spacial score (nSPS) is 13.1. The van der Waals surface area contributed by atoms with Crippen LogP contribution in [0.2, 0.25) is 0 Å². The van der Waals surface area contributed by atoms with E-state index in [0.29, 0.717) is 4.90 Å². The number of hydrogen-bond acceptors (Lipinski definition) is 2. The SMILES string of the molecule is Cc1[c]c([S+](C)[O-])ccn1. The molecule has 1 radical (unpaired) electrons. The Morgan fingerprint density at radius 3 is 2.80 bits per heavy atom. The maximum atomic E-state index is 10.8. The van der Waals surface area contributed by atoms with Gasteiger partial charge in [0.25, 0.3) is 0 Å². The quantitative estimate of drug-likeness (QED) is 0.564. The molecule has 0 N–H and O–H groups in total. The van der Waals surface area contributed by atoms with Crippen molar-refractivity contribution in [1.29, 1.82) is 0 Å². The highest BCUT2D eigenvalue weighted by Crippen LogP contribution is 2.06. The Morgan fingerprint density at radius 2 is 2.40 bits per heavy atom. The van der Waals surface area contributed by atoms with Gasteiger partial charge in [-0.05, 0) is 18.1 Å². The molecule has 1 atom stereocenters. The van der Waals surface area contributed by atoms with Gasteiger partial charge in [0.2, 0.25) is 0 Å². The van der Waals surface area contributed by atoms with E-state index in [1.54, 1.807) is 18.5 Å². The van der Waals surface area contributed by atoms with Gasteiger partial charge in [0, 0.05) is 12.3 Å². The molecule has 0 aliphatic rings. The summed E-state index contributed by atoms with van der Waals surface area (Å²) >= 11 is -0.935. The molecule has 10 heavy (non-hydrogen) atoms. The zero-order chi connectivity index (χ0) is 7.56. The summed E-state index contributed by atoms with van der Waals surface area (Å²) in [7, 11) is 0. The topological polar surface area (TPSA) is 36.0 Å². The van der Waals surface area contributed by atoms with Crippen molar-refractivity contribution in [3.63, 3.8) is 0 Å². The number of aryl methyl sites for hydroxylation is 1. The van der Waals surface area contributed by atoms with Crippen molar-refractivity contribution < 1.29 is 4.55 Å². The van der Waals surface area contributed by atoms with Crippen LogP contribution in [-0.4, -0.2) is 15.8 Å². The zero-order valence-corrected chi connectivity index (χ0v) is 6.73. The predicted octanol–water partition coefficient (Wildman–Crippen LogP) is 0.928. The molecule has 0 aliphatic carbocycles. The highest BCUT2D eigenvalue weighted by atomic mass is 32.2. The molecular formula is C7H8NOS. The van der Waals surface area contributed by atoms with E-state index in [4.69, 9.17) is 0 Å². The summed E-state index contributed by atoms with van der Waals surface area (Å²) in [6, 6.07) is 4.61. The van der Waals surface area contributed by atoms with Crippen LogP contribution in [0.1, 0.15) is 5.69 Å². The van der Waals surface area contributed by atoms with E-state index in [0.717, 1.165) is 5.69 Å². The Hall–Kier alpha value is -0.540. The van der Waals surface area contributed by atoms with E-state index in [-0.39, 0.29) is 0 Å². The Morgan fingerprint density at radius 1 is 1.70 bits per heavy atom. The number of hydrogen-bond donors (Lipinski definition) is 0. The van der Waals surface area contributed by atoms with Crippen LogP contribution in [0.25, 0.3) is 0 Å². The summed E-state index contributed by atoms with van der Waals surface area (Å²) in [5, 5.41) is 0. The predicted molar refractivity (Wildman–Crippen MR) is 40.1 cm³/mol. The summed E-state index contributed by atoms with van der Waals surface area (Å²) in [6.45, 7) is 1.83. The van der Waals surface area contributed by atoms with Crippen molar-refractivity contribution in [2.45, 2.75) is 11.8 Å². The van der Waals surface area contributed by atoms with Gasteiger partial charge in [-0.3, -0.25) is 4.98 Å². The van der Waals surface area contributed by atoms with E-state index in [2.05, 4.69) is 11.1 Å². The molecule has 0 spiro atoms. The van der Waals surface area contributed by atoms with Crippen LogP contribution in [0.4, 0.5) is 0 Å². The van der Waals surface area contributed by atoms with E-state index in [9.17, 15) is 4.55 Å². The van der Waals surface area contributed by atoms with Crippen LogP contribution in [0.5, 0.6) is 0 Å². The fraction of sp³-hybridized carbons (Fsp3) is 0.286. The molecule has 0 aliphatic heterocycles. The van der Waals surface area contributed by atoms with Gasteiger partial charge in [-0.25, -0.2) is 0 Å². The summed E-state index contributed by atoms with van der Waals surface area (Å²) in [5.74, 6) is 0. The van der Waals surface area contributed by atoms with Crippen molar-refractivity contribution in [1.82, 2.24) is 4.98 Å². The third kappa shape index (κ3) is 1.72. The second kappa shape index (κ2) is 3.03. The maximum absolute atomic E-state index is 10.8. The average molecular weight is 154 g/mol. The molecule has 1 aromatic heterocycles. The molecule has 53 valence electrons. The molecule has 1 heterocycles. The Balaban J connectivity index is 2.96. The van der Waals surface area contributed by atoms with E-state index in [1.165, 1.54) is 0 Å². The number of rotatable bonds is 1. The monoisotopic (exact) mass is 154 g/mol. The van der Waals surface area contributed by atoms with Crippen molar-refractivity contribution in [2.24, 2.45) is 0 Å². The van der Waals surface area contributed by atoms with Gasteiger partial charge in [0.1, 0.15) is 6.26 Å². The molecule has 2 nitrogen and oxygen atoms in total. The highest BCUT2D eigenvalue weighted by molar-refractivity contribution is 7.90. The van der Waals surface area contributed by atoms with Gasteiger partial charge in [-0.1, -0.05) is 0 Å². The molecular weight excluding hydrogens is 146 g/mol. The lowest BCUT2D eigenvalue weighted by molar-refractivity contribution is 0.600. The second-order valence-corrected chi connectivity index (χ2v) is 3.32. The number of pyridine rings is 1. The Bertz CT molecular complexity index is 225. The van der Waals surface area contributed by atoms with Crippen LogP contribution < -0.4 is 0 Å². The van der Waals surface area contributed by atoms with Gasteiger partial charge < -0.3 is 4.55 Å². The first-order chi connectivity index (χ1) is 4.70. The molecule has 0 saturated carbocycles. The fourth-order valence-electron chi connectivity index (χ4n) is 0.637.